The summed E-state index contributed by atoms with van der Waals surface area (Å²) in [6.45, 7) is 2.65. The molecular formula is C32H39N7O4. The Balaban J connectivity index is 1.27. The molecule has 11 nitrogen and oxygen atoms in total. The summed E-state index contributed by atoms with van der Waals surface area (Å²) in [5, 5.41) is 14.3. The van der Waals surface area contributed by atoms with Crippen molar-refractivity contribution < 1.29 is 19.1 Å². The van der Waals surface area contributed by atoms with Crippen molar-refractivity contribution in [3.8, 4) is 5.75 Å². The number of ether oxygens (including phenoxy) is 1. The molecule has 1 saturated heterocycles. The maximum absolute atomic E-state index is 14.2. The van der Waals surface area contributed by atoms with Gasteiger partial charge in [0.15, 0.2) is 0 Å². The van der Waals surface area contributed by atoms with Gasteiger partial charge in [0.2, 0.25) is 17.7 Å². The molecule has 6 rings (SSSR count). The standard InChI is InChI=1S/C32H39N7O4/c1-43-29-17-24-10-5-9-23(24)16-25(29)19-37-13-14-39-28(21-37)31(41)33-18-26-20-38(36-35-26)12-6-11-30(40)34-27(32(39)42)15-22-7-3-2-4-8-22/h2-4,7-8,16-17,20,27-28H,5-6,9-15,18-19,21H2,1H3,(H,33,41)(H,34,40)/t27-,28+/m0/s1. The van der Waals surface area contributed by atoms with Crippen LogP contribution < -0.4 is 15.4 Å². The largest absolute Gasteiger partial charge is 0.496 e. The quantitative estimate of drug-likeness (QED) is 0.467. The molecule has 3 heterocycles. The lowest BCUT2D eigenvalue weighted by molar-refractivity contribution is -0.146. The van der Waals surface area contributed by atoms with Crippen LogP contribution in [0, 0.1) is 0 Å². The van der Waals surface area contributed by atoms with E-state index in [1.807, 2.05) is 30.3 Å². The minimum atomic E-state index is -0.781. The maximum Gasteiger partial charge on any atom is 0.246 e. The zero-order valence-electron chi connectivity index (χ0n) is 24.6. The fourth-order valence-corrected chi connectivity index (χ4v) is 6.42. The van der Waals surface area contributed by atoms with Crippen molar-refractivity contribution in [2.45, 2.75) is 70.2 Å². The number of methoxy groups -OCH3 is 1. The Morgan fingerprint density at radius 1 is 0.977 bits per heavy atom. The molecule has 2 aromatic carbocycles. The lowest BCUT2D eigenvalue weighted by Gasteiger charge is -2.42. The minimum Gasteiger partial charge on any atom is -0.496 e. The van der Waals surface area contributed by atoms with Crippen molar-refractivity contribution >= 4 is 17.7 Å². The number of amides is 3. The summed E-state index contributed by atoms with van der Waals surface area (Å²) in [4.78, 5) is 44.8. The summed E-state index contributed by atoms with van der Waals surface area (Å²) < 4.78 is 7.43. The third-order valence-corrected chi connectivity index (χ3v) is 8.68. The van der Waals surface area contributed by atoms with E-state index >= 15 is 0 Å². The van der Waals surface area contributed by atoms with E-state index in [0.29, 0.717) is 51.3 Å². The van der Waals surface area contributed by atoms with Crippen molar-refractivity contribution in [1.29, 1.82) is 0 Å². The van der Waals surface area contributed by atoms with Gasteiger partial charge < -0.3 is 20.3 Å². The van der Waals surface area contributed by atoms with Crippen LogP contribution in [0.3, 0.4) is 0 Å². The molecule has 2 bridgehead atoms. The van der Waals surface area contributed by atoms with Gasteiger partial charge in [0, 0.05) is 51.1 Å². The highest BCUT2D eigenvalue weighted by Crippen LogP contribution is 2.31. The zero-order valence-corrected chi connectivity index (χ0v) is 24.6. The monoisotopic (exact) mass is 585 g/mol. The second-order valence-corrected chi connectivity index (χ2v) is 11.7. The summed E-state index contributed by atoms with van der Waals surface area (Å²) >= 11 is 0. The van der Waals surface area contributed by atoms with E-state index in [1.54, 1.807) is 22.9 Å². The fourth-order valence-electron chi connectivity index (χ4n) is 6.42. The highest BCUT2D eigenvalue weighted by molar-refractivity contribution is 5.92. The van der Waals surface area contributed by atoms with Crippen molar-refractivity contribution in [3.05, 3.63) is 76.6 Å². The predicted octanol–water partition coefficient (Wildman–Crippen LogP) is 1.63. The van der Waals surface area contributed by atoms with Gasteiger partial charge in [0.1, 0.15) is 23.5 Å². The SMILES string of the molecule is COc1cc2c(cc1CN1CCN3C(=O)[C@H](Cc4ccccc4)NC(=O)CCCn4cc(nn4)CNC(=O)[C@H]3C1)CCC2. The van der Waals surface area contributed by atoms with E-state index in [0.717, 1.165) is 36.1 Å². The molecule has 1 aliphatic carbocycles. The van der Waals surface area contributed by atoms with E-state index in [9.17, 15) is 14.4 Å². The van der Waals surface area contributed by atoms with Gasteiger partial charge >= 0.3 is 0 Å². The van der Waals surface area contributed by atoms with E-state index in [2.05, 4.69) is 38.0 Å². The topological polar surface area (TPSA) is 122 Å². The van der Waals surface area contributed by atoms with Gasteiger partial charge in [0.05, 0.1) is 19.9 Å². The summed E-state index contributed by atoms with van der Waals surface area (Å²) in [6, 6.07) is 12.5. The van der Waals surface area contributed by atoms with Gasteiger partial charge in [-0.3, -0.25) is 24.0 Å². The summed E-state index contributed by atoms with van der Waals surface area (Å²) in [5.74, 6) is 0.159. The number of carbonyl (C=O) groups excluding carboxylic acids is 3. The normalized spacial score (nSPS) is 21.7. The second-order valence-electron chi connectivity index (χ2n) is 11.7. The zero-order chi connectivity index (χ0) is 29.8. The molecular weight excluding hydrogens is 546 g/mol. The van der Waals surface area contributed by atoms with Crippen LogP contribution in [0.2, 0.25) is 0 Å². The van der Waals surface area contributed by atoms with Crippen LogP contribution in [-0.2, 0) is 53.3 Å². The number of rotatable bonds is 5. The molecule has 2 aliphatic heterocycles. The summed E-state index contributed by atoms with van der Waals surface area (Å²) in [7, 11) is 1.70. The van der Waals surface area contributed by atoms with Crippen molar-refractivity contribution in [2.24, 2.45) is 0 Å². The van der Waals surface area contributed by atoms with Crippen molar-refractivity contribution in [2.75, 3.05) is 26.7 Å². The molecule has 0 saturated carbocycles. The highest BCUT2D eigenvalue weighted by atomic mass is 16.5. The van der Waals surface area contributed by atoms with Crippen LogP contribution in [-0.4, -0.2) is 81.3 Å². The molecule has 43 heavy (non-hydrogen) atoms. The fraction of sp³-hybridized carbons (Fsp3) is 0.469. The molecule has 0 unspecified atom stereocenters. The van der Waals surface area contributed by atoms with Gasteiger partial charge in [-0.2, -0.15) is 0 Å². The molecule has 2 atom stereocenters. The van der Waals surface area contributed by atoms with Crippen molar-refractivity contribution in [1.82, 2.24) is 35.4 Å². The van der Waals surface area contributed by atoms with Gasteiger partial charge in [-0.05, 0) is 48.4 Å². The summed E-state index contributed by atoms with van der Waals surface area (Å²) in [6.07, 6.45) is 6.23. The van der Waals surface area contributed by atoms with Gasteiger partial charge in [-0.1, -0.05) is 41.6 Å². The number of carbonyl (C=O) groups is 3. The number of aromatic nitrogens is 3. The molecule has 1 aromatic heterocycles. The Hall–Kier alpha value is -4.25. The molecule has 1 fully saturated rings. The third kappa shape index (κ3) is 6.72. The lowest BCUT2D eigenvalue weighted by atomic mass is 10.0. The van der Waals surface area contributed by atoms with Crippen LogP contribution in [0.5, 0.6) is 5.75 Å². The Morgan fingerprint density at radius 2 is 1.79 bits per heavy atom. The van der Waals surface area contributed by atoms with Crippen LogP contribution in [0.15, 0.2) is 48.7 Å². The molecule has 11 heteroatoms. The molecule has 3 aliphatic rings. The number of nitrogens with one attached hydrogen (secondary N) is 2. The number of hydrogen-bond acceptors (Lipinski definition) is 7. The third-order valence-electron chi connectivity index (χ3n) is 8.68. The number of aryl methyl sites for hydroxylation is 3. The Bertz CT molecular complexity index is 1470. The molecule has 2 N–H and O–H groups in total. The Morgan fingerprint density at radius 3 is 2.60 bits per heavy atom. The second kappa shape index (κ2) is 12.9. The van der Waals surface area contributed by atoms with E-state index < -0.39 is 12.1 Å². The molecule has 3 amide bonds. The smallest absolute Gasteiger partial charge is 0.246 e. The average Bonchev–Trinajstić information content (AvgIpc) is 3.68. The first kappa shape index (κ1) is 28.9. The van der Waals surface area contributed by atoms with Crippen LogP contribution >= 0.6 is 0 Å². The van der Waals surface area contributed by atoms with Crippen LogP contribution in [0.1, 0.15) is 47.2 Å². The van der Waals surface area contributed by atoms with Gasteiger partial charge in [0.25, 0.3) is 0 Å². The highest BCUT2D eigenvalue weighted by Gasteiger charge is 2.39. The average molecular weight is 586 g/mol. The van der Waals surface area contributed by atoms with E-state index in [-0.39, 0.29) is 30.7 Å². The maximum atomic E-state index is 14.2. The Labute approximate surface area is 251 Å². The van der Waals surface area contributed by atoms with E-state index in [4.69, 9.17) is 4.74 Å². The predicted molar refractivity (Wildman–Crippen MR) is 159 cm³/mol. The van der Waals surface area contributed by atoms with Crippen LogP contribution in [0.25, 0.3) is 0 Å². The van der Waals surface area contributed by atoms with Gasteiger partial charge in [-0.25, -0.2) is 0 Å². The van der Waals surface area contributed by atoms with Gasteiger partial charge in [-0.15, -0.1) is 5.10 Å². The first-order chi connectivity index (χ1) is 21.0. The molecule has 226 valence electrons. The van der Waals surface area contributed by atoms with E-state index in [1.165, 1.54) is 11.1 Å². The minimum absolute atomic E-state index is 0.201. The molecule has 0 radical (unpaired) electrons. The summed E-state index contributed by atoms with van der Waals surface area (Å²) in [5.41, 5.74) is 5.37. The van der Waals surface area contributed by atoms with Crippen molar-refractivity contribution in [3.63, 3.8) is 0 Å². The number of fused-ring (bicyclic) bond motifs is 4. The first-order valence-corrected chi connectivity index (χ1v) is 15.2. The Kier molecular flexibility index (Phi) is 8.69. The number of benzene rings is 2. The lowest BCUT2D eigenvalue weighted by Crippen LogP contribution is -2.63. The number of hydrogen-bond donors (Lipinski definition) is 2. The number of nitrogens with zero attached hydrogens (tertiary/aromatic N) is 5. The number of piperazine rings is 1. The molecule has 3 aromatic rings. The van der Waals surface area contributed by atoms with Crippen LogP contribution in [0.4, 0.5) is 0 Å². The first-order valence-electron chi connectivity index (χ1n) is 15.2. The molecule has 0 spiro atoms.